The molecule has 2 aromatic rings. The number of non-ortho nitro benzene ring substituents is 1. The van der Waals surface area contributed by atoms with Crippen LogP contribution in [0.5, 0.6) is 0 Å². The highest BCUT2D eigenvalue weighted by molar-refractivity contribution is 8.00. The van der Waals surface area contributed by atoms with Crippen LogP contribution in [0.3, 0.4) is 0 Å². The van der Waals surface area contributed by atoms with E-state index in [1.54, 1.807) is 43.3 Å². The van der Waals surface area contributed by atoms with Gasteiger partial charge in [-0.1, -0.05) is 0 Å². The highest BCUT2D eigenvalue weighted by Crippen LogP contribution is 2.26. The number of rotatable bonds is 8. The number of amides is 2. The Balaban J connectivity index is 1.79. The molecular formula is C19H19N3O6S. The third-order valence-electron chi connectivity index (χ3n) is 3.53. The molecule has 0 aliphatic heterocycles. The average molecular weight is 417 g/mol. The number of nitro groups is 1. The molecule has 0 unspecified atom stereocenters. The number of ether oxygens (including phenoxy) is 1. The number of carbonyl (C=O) groups is 3. The van der Waals surface area contributed by atoms with Crippen LogP contribution in [0.4, 0.5) is 17.1 Å². The molecule has 0 saturated carbocycles. The summed E-state index contributed by atoms with van der Waals surface area (Å²) in [5, 5.41) is 15.2. The molecule has 0 radical (unpaired) electrons. The third kappa shape index (κ3) is 7.26. The van der Waals surface area contributed by atoms with Crippen LogP contribution < -0.4 is 10.6 Å². The van der Waals surface area contributed by atoms with Crippen LogP contribution in [0.25, 0.3) is 0 Å². The summed E-state index contributed by atoms with van der Waals surface area (Å²) >= 11 is 1.17. The van der Waals surface area contributed by atoms with Crippen LogP contribution in [0.2, 0.25) is 0 Å². The number of benzene rings is 2. The number of hydrogen-bond acceptors (Lipinski definition) is 7. The number of esters is 1. The van der Waals surface area contributed by atoms with Gasteiger partial charge in [-0.15, -0.1) is 11.8 Å². The first kappa shape index (κ1) is 21.9. The maximum absolute atomic E-state index is 12.1. The van der Waals surface area contributed by atoms with E-state index in [2.05, 4.69) is 10.6 Å². The molecule has 2 amide bonds. The van der Waals surface area contributed by atoms with Gasteiger partial charge in [0.2, 0.25) is 5.91 Å². The summed E-state index contributed by atoms with van der Waals surface area (Å²) in [7, 11) is 0. The van der Waals surface area contributed by atoms with E-state index in [0.717, 1.165) is 0 Å². The third-order valence-corrected chi connectivity index (χ3v) is 4.62. The van der Waals surface area contributed by atoms with E-state index < -0.39 is 28.7 Å². The fourth-order valence-electron chi connectivity index (χ4n) is 2.19. The summed E-state index contributed by atoms with van der Waals surface area (Å²) in [4.78, 5) is 45.8. The lowest BCUT2D eigenvalue weighted by atomic mass is 10.2. The number of nitrogens with zero attached hydrogens (tertiary/aromatic N) is 1. The summed E-state index contributed by atoms with van der Waals surface area (Å²) in [5.74, 6) is -1.28. The van der Waals surface area contributed by atoms with Crippen molar-refractivity contribution in [3.8, 4) is 0 Å². The van der Waals surface area contributed by atoms with E-state index >= 15 is 0 Å². The lowest BCUT2D eigenvalue weighted by Crippen LogP contribution is -2.24. The highest BCUT2D eigenvalue weighted by Gasteiger charge is 2.18. The second-order valence-electron chi connectivity index (χ2n) is 5.93. The van der Waals surface area contributed by atoms with Gasteiger partial charge in [-0.25, -0.2) is 0 Å². The van der Waals surface area contributed by atoms with Gasteiger partial charge in [-0.3, -0.25) is 24.5 Å². The van der Waals surface area contributed by atoms with Crippen molar-refractivity contribution < 1.29 is 24.0 Å². The fraction of sp³-hybridized carbons (Fsp3) is 0.211. The first-order chi connectivity index (χ1) is 13.7. The zero-order valence-corrected chi connectivity index (χ0v) is 16.5. The standard InChI is InChI=1S/C19H19N3O6S/c1-12(29-17-9-7-16(8-10-17)22(26)27)19(25)28-11-18(24)21-15-5-3-14(4-6-15)20-13(2)23/h3-10,12H,11H2,1-2H3,(H,20,23)(H,21,24)/t12-/m0/s1. The van der Waals surface area contributed by atoms with Crippen LogP contribution in [0, 0.1) is 10.1 Å². The van der Waals surface area contributed by atoms with Gasteiger partial charge >= 0.3 is 5.97 Å². The molecule has 10 heteroatoms. The van der Waals surface area contributed by atoms with Crippen molar-refractivity contribution in [2.75, 3.05) is 17.2 Å². The molecule has 0 fully saturated rings. The van der Waals surface area contributed by atoms with Gasteiger partial charge in [-0.2, -0.15) is 0 Å². The normalized spacial score (nSPS) is 11.2. The SMILES string of the molecule is CC(=O)Nc1ccc(NC(=O)COC(=O)[C@H](C)Sc2ccc([N+](=O)[O-])cc2)cc1. The van der Waals surface area contributed by atoms with Gasteiger partial charge in [0.05, 0.1) is 4.92 Å². The van der Waals surface area contributed by atoms with Gasteiger partial charge in [0.15, 0.2) is 6.61 Å². The molecule has 0 spiro atoms. The molecule has 2 aromatic carbocycles. The Morgan fingerprint density at radius 3 is 2.10 bits per heavy atom. The van der Waals surface area contributed by atoms with Crippen molar-refractivity contribution in [1.82, 2.24) is 0 Å². The topological polar surface area (TPSA) is 128 Å². The molecule has 0 aliphatic carbocycles. The number of carbonyl (C=O) groups excluding carboxylic acids is 3. The predicted molar refractivity (Wildman–Crippen MR) is 109 cm³/mol. The Labute approximate surface area is 171 Å². The smallest absolute Gasteiger partial charge is 0.319 e. The van der Waals surface area contributed by atoms with Crippen molar-refractivity contribution in [1.29, 1.82) is 0 Å². The van der Waals surface area contributed by atoms with Crippen LogP contribution in [-0.2, 0) is 19.1 Å². The summed E-state index contributed by atoms with van der Waals surface area (Å²) in [6, 6.07) is 12.3. The Morgan fingerprint density at radius 2 is 1.59 bits per heavy atom. The average Bonchev–Trinajstić information content (AvgIpc) is 2.67. The molecule has 0 saturated heterocycles. The fourth-order valence-corrected chi connectivity index (χ4v) is 3.06. The summed E-state index contributed by atoms with van der Waals surface area (Å²) in [6.07, 6.45) is 0. The van der Waals surface area contributed by atoms with E-state index in [0.29, 0.717) is 16.3 Å². The molecule has 2 rings (SSSR count). The van der Waals surface area contributed by atoms with Gasteiger partial charge in [0.25, 0.3) is 11.6 Å². The molecule has 2 N–H and O–H groups in total. The Bertz CT molecular complexity index is 899. The largest absolute Gasteiger partial charge is 0.455 e. The van der Waals surface area contributed by atoms with E-state index in [1.807, 2.05) is 0 Å². The summed E-state index contributed by atoms with van der Waals surface area (Å²) in [6.45, 7) is 2.56. The zero-order chi connectivity index (χ0) is 21.4. The van der Waals surface area contributed by atoms with Crippen molar-refractivity contribution in [3.05, 3.63) is 58.6 Å². The maximum atomic E-state index is 12.1. The van der Waals surface area contributed by atoms with E-state index in [9.17, 15) is 24.5 Å². The monoisotopic (exact) mass is 417 g/mol. The van der Waals surface area contributed by atoms with Crippen LogP contribution in [0.1, 0.15) is 13.8 Å². The first-order valence-electron chi connectivity index (χ1n) is 8.50. The lowest BCUT2D eigenvalue weighted by Gasteiger charge is -2.11. The number of anilines is 2. The van der Waals surface area contributed by atoms with Crippen LogP contribution in [-0.4, -0.2) is 34.6 Å². The maximum Gasteiger partial charge on any atom is 0.319 e. The van der Waals surface area contributed by atoms with Gasteiger partial charge in [0.1, 0.15) is 5.25 Å². The lowest BCUT2D eigenvalue weighted by molar-refractivity contribution is -0.384. The molecule has 29 heavy (non-hydrogen) atoms. The van der Waals surface area contributed by atoms with Gasteiger partial charge in [0, 0.05) is 35.3 Å². The molecule has 0 bridgehead atoms. The number of nitro benzene ring substituents is 1. The van der Waals surface area contributed by atoms with Crippen LogP contribution in [0.15, 0.2) is 53.4 Å². The Morgan fingerprint density at radius 1 is 1.03 bits per heavy atom. The highest BCUT2D eigenvalue weighted by atomic mass is 32.2. The molecule has 0 aromatic heterocycles. The second-order valence-corrected chi connectivity index (χ2v) is 7.34. The van der Waals surface area contributed by atoms with E-state index in [4.69, 9.17) is 4.74 Å². The number of hydrogen-bond donors (Lipinski definition) is 2. The van der Waals surface area contributed by atoms with Crippen molar-refractivity contribution in [2.45, 2.75) is 24.0 Å². The van der Waals surface area contributed by atoms with Crippen molar-refractivity contribution in [3.63, 3.8) is 0 Å². The number of nitrogens with one attached hydrogen (secondary N) is 2. The summed E-state index contributed by atoms with van der Waals surface area (Å²) < 4.78 is 5.01. The second kappa shape index (κ2) is 10.2. The minimum Gasteiger partial charge on any atom is -0.455 e. The predicted octanol–water partition coefficient (Wildman–Crippen LogP) is 3.22. The van der Waals surface area contributed by atoms with Crippen LogP contribution >= 0.6 is 11.8 Å². The minimum absolute atomic E-state index is 0.0358. The molecule has 9 nitrogen and oxygen atoms in total. The zero-order valence-electron chi connectivity index (χ0n) is 15.7. The Kier molecular flexibility index (Phi) is 7.72. The van der Waals surface area contributed by atoms with Gasteiger partial charge in [-0.05, 0) is 43.3 Å². The quantitative estimate of drug-likeness (QED) is 0.292. The minimum atomic E-state index is -0.596. The van der Waals surface area contributed by atoms with E-state index in [-0.39, 0.29) is 11.6 Å². The molecule has 1 atom stereocenters. The Hall–Kier alpha value is -3.40. The molecule has 152 valence electrons. The van der Waals surface area contributed by atoms with Crippen molar-refractivity contribution >= 4 is 46.6 Å². The van der Waals surface area contributed by atoms with Crippen molar-refractivity contribution in [2.24, 2.45) is 0 Å². The summed E-state index contributed by atoms with van der Waals surface area (Å²) in [5.41, 5.74) is 1.05. The first-order valence-corrected chi connectivity index (χ1v) is 9.38. The molecule has 0 heterocycles. The van der Waals surface area contributed by atoms with E-state index in [1.165, 1.54) is 30.8 Å². The van der Waals surface area contributed by atoms with Gasteiger partial charge < -0.3 is 15.4 Å². The molecule has 0 aliphatic rings. The number of thioether (sulfide) groups is 1. The molecular weight excluding hydrogens is 398 g/mol.